The van der Waals surface area contributed by atoms with Crippen molar-refractivity contribution in [3.8, 4) is 0 Å². The van der Waals surface area contributed by atoms with Gasteiger partial charge in [-0.3, -0.25) is 0 Å². The van der Waals surface area contributed by atoms with Crippen LogP contribution in [0.25, 0.3) is 0 Å². The normalized spacial score (nSPS) is 18.1. The second kappa shape index (κ2) is 26.3. The second-order valence-corrected chi connectivity index (χ2v) is 13.7. The van der Waals surface area contributed by atoms with E-state index in [1.165, 1.54) is 193 Å². The minimum absolute atomic E-state index is 0.343. The van der Waals surface area contributed by atoms with Crippen molar-refractivity contribution in [2.24, 2.45) is 0 Å². The van der Waals surface area contributed by atoms with E-state index in [1.807, 2.05) is 0 Å². The van der Waals surface area contributed by atoms with Crippen molar-refractivity contribution < 1.29 is 0 Å². The zero-order valence-corrected chi connectivity index (χ0v) is 29.6. The summed E-state index contributed by atoms with van der Waals surface area (Å²) in [5.74, 6) is 0. The highest BCUT2D eigenvalue weighted by molar-refractivity contribution is 5.04. The van der Waals surface area contributed by atoms with Gasteiger partial charge in [0.1, 0.15) is 0 Å². The third kappa shape index (κ3) is 14.9. The van der Waals surface area contributed by atoms with Crippen LogP contribution < -0.4 is 0 Å². The number of rotatable bonds is 30. The molecule has 0 aliphatic carbocycles. The summed E-state index contributed by atoms with van der Waals surface area (Å²) in [6.07, 6.45) is 37.5. The lowest BCUT2D eigenvalue weighted by Crippen LogP contribution is -2.54. The molecule has 0 aromatic rings. The molecule has 1 saturated heterocycles. The quantitative estimate of drug-likeness (QED) is 0.0786. The van der Waals surface area contributed by atoms with E-state index in [-0.39, 0.29) is 0 Å². The zero-order valence-electron chi connectivity index (χ0n) is 29.6. The third-order valence-corrected chi connectivity index (χ3v) is 10.0. The van der Waals surface area contributed by atoms with Gasteiger partial charge in [0.05, 0.1) is 5.54 Å². The lowest BCUT2D eigenvalue weighted by atomic mass is 9.77. The van der Waals surface area contributed by atoms with Crippen LogP contribution in [0.4, 0.5) is 0 Å². The average Bonchev–Trinajstić information content (AvgIpc) is 3.21. The first kappa shape index (κ1) is 38.9. The SMILES string of the molecule is CCCCCCC1N(CCCCCC)N(CCCCCC)N(CCCCCC)C1(CCCCCC)CCCCCC. The maximum atomic E-state index is 3.07. The number of hydrazine groups is 2. The summed E-state index contributed by atoms with van der Waals surface area (Å²) >= 11 is 0. The Bertz CT molecular complexity index is 502. The minimum atomic E-state index is 0.343. The van der Waals surface area contributed by atoms with Crippen molar-refractivity contribution in [2.45, 2.75) is 226 Å². The maximum Gasteiger partial charge on any atom is 0.0539 e. The molecule has 0 amide bonds. The largest absolute Gasteiger partial charge is 0.223 e. The molecule has 1 atom stereocenters. The van der Waals surface area contributed by atoms with Gasteiger partial charge in [-0.2, -0.15) is 5.12 Å². The molecule has 0 radical (unpaired) electrons. The maximum absolute atomic E-state index is 3.07. The fourth-order valence-corrected chi connectivity index (χ4v) is 7.52. The van der Waals surface area contributed by atoms with Crippen LogP contribution in [0, 0.1) is 0 Å². The molecule has 3 nitrogen and oxygen atoms in total. The molecule has 1 unspecified atom stereocenters. The van der Waals surface area contributed by atoms with Gasteiger partial charge in [-0.1, -0.05) is 176 Å². The van der Waals surface area contributed by atoms with Crippen molar-refractivity contribution >= 4 is 0 Å². The first-order valence-electron chi connectivity index (χ1n) is 19.5. The highest BCUT2D eigenvalue weighted by atomic mass is 15.9. The van der Waals surface area contributed by atoms with Crippen LogP contribution in [-0.4, -0.2) is 46.4 Å². The Morgan fingerprint density at radius 3 is 1.24 bits per heavy atom. The number of unbranched alkanes of at least 4 members (excludes halogenated alkanes) is 18. The van der Waals surface area contributed by atoms with Crippen LogP contribution in [-0.2, 0) is 0 Å². The van der Waals surface area contributed by atoms with Gasteiger partial charge in [-0.05, 0) is 38.5 Å². The Labute approximate surface area is 260 Å². The molecular formula is C38H79N3. The van der Waals surface area contributed by atoms with Gasteiger partial charge in [0.2, 0.25) is 0 Å². The van der Waals surface area contributed by atoms with Crippen molar-refractivity contribution in [1.82, 2.24) is 15.1 Å². The molecule has 246 valence electrons. The fraction of sp³-hybridized carbons (Fsp3) is 1.00. The Hall–Kier alpha value is -0.120. The van der Waals surface area contributed by atoms with Crippen LogP contribution in [0.2, 0.25) is 0 Å². The van der Waals surface area contributed by atoms with Gasteiger partial charge in [0, 0.05) is 25.7 Å². The van der Waals surface area contributed by atoms with E-state index in [0.717, 1.165) is 0 Å². The molecule has 0 aromatic heterocycles. The summed E-state index contributed by atoms with van der Waals surface area (Å²) in [4.78, 5) is 0. The van der Waals surface area contributed by atoms with E-state index in [4.69, 9.17) is 0 Å². The predicted molar refractivity (Wildman–Crippen MR) is 185 cm³/mol. The summed E-state index contributed by atoms with van der Waals surface area (Å²) in [5.41, 5.74) is 0.343. The molecule has 1 aliphatic heterocycles. The topological polar surface area (TPSA) is 9.72 Å². The van der Waals surface area contributed by atoms with Gasteiger partial charge < -0.3 is 0 Å². The monoisotopic (exact) mass is 578 g/mol. The second-order valence-electron chi connectivity index (χ2n) is 13.7. The van der Waals surface area contributed by atoms with Crippen LogP contribution in [0.5, 0.6) is 0 Å². The fourth-order valence-electron chi connectivity index (χ4n) is 7.52. The van der Waals surface area contributed by atoms with Crippen molar-refractivity contribution in [1.29, 1.82) is 0 Å². The molecule has 0 N–H and O–H groups in total. The lowest BCUT2D eigenvalue weighted by molar-refractivity contribution is -0.152. The predicted octanol–water partition coefficient (Wildman–Crippen LogP) is 12.5. The smallest absolute Gasteiger partial charge is 0.0539 e. The van der Waals surface area contributed by atoms with E-state index >= 15 is 0 Å². The molecule has 0 bridgehead atoms. The third-order valence-electron chi connectivity index (χ3n) is 10.0. The Balaban J connectivity index is 3.46. The molecule has 41 heavy (non-hydrogen) atoms. The molecule has 3 heteroatoms. The molecule has 1 heterocycles. The van der Waals surface area contributed by atoms with Gasteiger partial charge in [0.15, 0.2) is 0 Å². The minimum Gasteiger partial charge on any atom is -0.223 e. The standard InChI is InChI=1S/C38H79N3/c1-7-13-19-25-31-37-38(32-26-20-14-8-2,33-27-21-15-9-3)40(35-29-23-17-11-5)41(36-30-24-18-12-6)39(37)34-28-22-16-10-4/h37H,7-36H2,1-6H3. The highest BCUT2D eigenvalue weighted by Crippen LogP contribution is 2.45. The van der Waals surface area contributed by atoms with Crippen molar-refractivity contribution in [2.75, 3.05) is 19.6 Å². The molecule has 0 saturated carbocycles. The van der Waals surface area contributed by atoms with Crippen molar-refractivity contribution in [3.63, 3.8) is 0 Å². The first-order valence-corrected chi connectivity index (χ1v) is 19.5. The summed E-state index contributed by atoms with van der Waals surface area (Å²) in [6, 6.07) is 0.710. The van der Waals surface area contributed by atoms with Crippen LogP contribution in [0.3, 0.4) is 0 Å². The van der Waals surface area contributed by atoms with Gasteiger partial charge >= 0.3 is 0 Å². The van der Waals surface area contributed by atoms with Crippen LogP contribution in [0.1, 0.15) is 215 Å². The highest BCUT2D eigenvalue weighted by Gasteiger charge is 2.54. The van der Waals surface area contributed by atoms with Crippen LogP contribution >= 0.6 is 0 Å². The molecule has 0 spiro atoms. The Morgan fingerprint density at radius 1 is 0.390 bits per heavy atom. The van der Waals surface area contributed by atoms with E-state index in [2.05, 4.69) is 56.7 Å². The lowest BCUT2D eigenvalue weighted by Gasteiger charge is -2.43. The summed E-state index contributed by atoms with van der Waals surface area (Å²) < 4.78 is 0. The molecular weight excluding hydrogens is 498 g/mol. The Morgan fingerprint density at radius 2 is 0.780 bits per heavy atom. The van der Waals surface area contributed by atoms with Crippen LogP contribution in [0.15, 0.2) is 0 Å². The van der Waals surface area contributed by atoms with Crippen molar-refractivity contribution in [3.05, 3.63) is 0 Å². The molecule has 1 fully saturated rings. The van der Waals surface area contributed by atoms with E-state index in [9.17, 15) is 0 Å². The summed E-state index contributed by atoms with van der Waals surface area (Å²) in [6.45, 7) is 18.0. The van der Waals surface area contributed by atoms with Gasteiger partial charge in [-0.25, -0.2) is 10.0 Å². The zero-order chi connectivity index (χ0) is 30.0. The van der Waals surface area contributed by atoms with Gasteiger partial charge in [-0.15, -0.1) is 0 Å². The van der Waals surface area contributed by atoms with Gasteiger partial charge in [0.25, 0.3) is 0 Å². The molecule has 1 rings (SSSR count). The summed E-state index contributed by atoms with van der Waals surface area (Å²) in [7, 11) is 0. The number of hydrogen-bond acceptors (Lipinski definition) is 3. The molecule has 1 aliphatic rings. The van der Waals surface area contributed by atoms with E-state index < -0.39 is 0 Å². The Kier molecular flexibility index (Phi) is 25.0. The first-order chi connectivity index (χ1) is 20.2. The summed E-state index contributed by atoms with van der Waals surface area (Å²) in [5, 5.41) is 8.99. The van der Waals surface area contributed by atoms with E-state index in [1.54, 1.807) is 0 Å². The number of hydrogen-bond donors (Lipinski definition) is 0. The number of nitrogens with zero attached hydrogens (tertiary/aromatic N) is 3. The average molecular weight is 578 g/mol. The molecule has 0 aromatic carbocycles. The van der Waals surface area contributed by atoms with E-state index in [0.29, 0.717) is 11.6 Å².